The molecular formula is C20H13NO7. The first kappa shape index (κ1) is 17.3. The summed E-state index contributed by atoms with van der Waals surface area (Å²) in [5.74, 6) is -0.561. The number of nitrogens with zero attached hydrogens (tertiary/aromatic N) is 1. The lowest BCUT2D eigenvalue weighted by atomic mass is 10.1. The summed E-state index contributed by atoms with van der Waals surface area (Å²) < 4.78 is 16.1. The molecule has 0 aliphatic rings. The van der Waals surface area contributed by atoms with Gasteiger partial charge in [0.15, 0.2) is 17.7 Å². The van der Waals surface area contributed by atoms with E-state index in [-0.39, 0.29) is 29.4 Å². The summed E-state index contributed by atoms with van der Waals surface area (Å²) >= 11 is 0. The van der Waals surface area contributed by atoms with Gasteiger partial charge in [-0.1, -0.05) is 12.1 Å². The maximum atomic E-state index is 12.7. The van der Waals surface area contributed by atoms with E-state index in [9.17, 15) is 14.7 Å². The number of carboxylic acids is 1. The monoisotopic (exact) mass is 379 g/mol. The molecule has 4 aromatic rings. The van der Waals surface area contributed by atoms with Crippen LogP contribution in [0.3, 0.4) is 0 Å². The van der Waals surface area contributed by atoms with Crippen molar-refractivity contribution in [3.05, 3.63) is 76.8 Å². The maximum absolute atomic E-state index is 12.7. The first-order chi connectivity index (χ1) is 13.5. The second-order valence-electron chi connectivity index (χ2n) is 5.90. The number of carbonyl (C=O) groups is 1. The van der Waals surface area contributed by atoms with Crippen molar-refractivity contribution in [2.45, 2.75) is 6.61 Å². The van der Waals surface area contributed by atoms with Gasteiger partial charge in [0.2, 0.25) is 5.89 Å². The number of ether oxygens (including phenoxy) is 1. The summed E-state index contributed by atoms with van der Waals surface area (Å²) in [5.41, 5.74) is 0.930. The smallest absolute Gasteiger partial charge is 0.357 e. The third-order valence-corrected chi connectivity index (χ3v) is 4.06. The summed E-state index contributed by atoms with van der Waals surface area (Å²) in [6.07, 6.45) is 2.39. The van der Waals surface area contributed by atoms with E-state index in [1.165, 1.54) is 18.4 Å². The van der Waals surface area contributed by atoms with Gasteiger partial charge in [-0.2, -0.15) is 0 Å². The second-order valence-corrected chi connectivity index (χ2v) is 5.90. The number of phenolic OH excluding ortho intramolecular Hbond substituents is 1. The van der Waals surface area contributed by atoms with E-state index in [0.29, 0.717) is 27.8 Å². The van der Waals surface area contributed by atoms with Crippen LogP contribution in [0.1, 0.15) is 16.4 Å². The van der Waals surface area contributed by atoms with Gasteiger partial charge in [-0.25, -0.2) is 9.78 Å². The number of aromatic carboxylic acids is 1. The van der Waals surface area contributed by atoms with Crippen LogP contribution in [0.25, 0.3) is 22.1 Å². The highest BCUT2D eigenvalue weighted by molar-refractivity contribution is 5.84. The fraction of sp³-hybridized carbons (Fsp3) is 0.0500. The van der Waals surface area contributed by atoms with E-state index < -0.39 is 5.97 Å². The van der Waals surface area contributed by atoms with Crippen LogP contribution in [-0.2, 0) is 6.61 Å². The van der Waals surface area contributed by atoms with Crippen molar-refractivity contribution in [1.82, 2.24) is 4.98 Å². The molecule has 0 radical (unpaired) electrons. The molecule has 2 aromatic carbocycles. The van der Waals surface area contributed by atoms with E-state index in [0.717, 1.165) is 6.26 Å². The van der Waals surface area contributed by atoms with Gasteiger partial charge in [-0.05, 0) is 29.8 Å². The van der Waals surface area contributed by atoms with E-state index in [2.05, 4.69) is 4.98 Å². The zero-order valence-electron chi connectivity index (χ0n) is 14.3. The summed E-state index contributed by atoms with van der Waals surface area (Å²) in [7, 11) is 0. The molecule has 0 atom stereocenters. The Balaban J connectivity index is 1.59. The number of benzene rings is 2. The van der Waals surface area contributed by atoms with Crippen molar-refractivity contribution < 1.29 is 28.6 Å². The van der Waals surface area contributed by atoms with Crippen molar-refractivity contribution in [2.24, 2.45) is 0 Å². The van der Waals surface area contributed by atoms with Gasteiger partial charge in [0.1, 0.15) is 29.6 Å². The molecule has 2 N–H and O–H groups in total. The highest BCUT2D eigenvalue weighted by Crippen LogP contribution is 2.24. The molecule has 0 fully saturated rings. The molecule has 8 nitrogen and oxygen atoms in total. The van der Waals surface area contributed by atoms with Crippen molar-refractivity contribution in [3.8, 4) is 22.6 Å². The standard InChI is InChI=1S/C20H13NO7/c22-12-3-1-11(2-4-12)15-8-27-17-7-13(5-6-14(17)19(15)23)26-10-18-21-16(9-28-18)20(24)25/h1-9,22H,10H2,(H,24,25). The van der Waals surface area contributed by atoms with Crippen LogP contribution in [0.5, 0.6) is 11.5 Å². The van der Waals surface area contributed by atoms with Crippen LogP contribution in [0.2, 0.25) is 0 Å². The van der Waals surface area contributed by atoms with Crippen LogP contribution in [-0.4, -0.2) is 21.2 Å². The van der Waals surface area contributed by atoms with Crippen LogP contribution in [0.15, 0.2) is 68.6 Å². The van der Waals surface area contributed by atoms with Gasteiger partial charge in [-0.3, -0.25) is 4.79 Å². The number of fused-ring (bicyclic) bond motifs is 1. The third-order valence-electron chi connectivity index (χ3n) is 4.06. The predicted octanol–water partition coefficient (Wildman–Crippen LogP) is 3.43. The van der Waals surface area contributed by atoms with E-state index in [1.54, 1.807) is 30.3 Å². The Morgan fingerprint density at radius 1 is 1.07 bits per heavy atom. The van der Waals surface area contributed by atoms with Crippen molar-refractivity contribution in [1.29, 1.82) is 0 Å². The van der Waals surface area contributed by atoms with Crippen molar-refractivity contribution in [3.63, 3.8) is 0 Å². The largest absolute Gasteiger partial charge is 0.508 e. The van der Waals surface area contributed by atoms with Crippen molar-refractivity contribution in [2.75, 3.05) is 0 Å². The highest BCUT2D eigenvalue weighted by atomic mass is 16.5. The summed E-state index contributed by atoms with van der Waals surface area (Å²) in [4.78, 5) is 27.3. The molecule has 28 heavy (non-hydrogen) atoms. The molecular weight excluding hydrogens is 366 g/mol. The Morgan fingerprint density at radius 2 is 1.86 bits per heavy atom. The zero-order chi connectivity index (χ0) is 19.7. The molecule has 0 saturated carbocycles. The minimum atomic E-state index is -1.19. The van der Waals surface area contributed by atoms with Gasteiger partial charge in [0.05, 0.1) is 10.9 Å². The Morgan fingerprint density at radius 3 is 2.57 bits per heavy atom. The third kappa shape index (κ3) is 3.30. The molecule has 2 aromatic heterocycles. The SMILES string of the molecule is O=C(O)c1coc(COc2ccc3c(=O)c(-c4ccc(O)cc4)coc3c2)n1. The van der Waals surface area contributed by atoms with Crippen LogP contribution in [0.4, 0.5) is 0 Å². The number of carboxylic acid groups (broad SMARTS) is 1. The van der Waals surface area contributed by atoms with Gasteiger partial charge in [-0.15, -0.1) is 0 Å². The molecule has 0 aliphatic heterocycles. The van der Waals surface area contributed by atoms with Crippen LogP contribution in [0, 0.1) is 0 Å². The van der Waals surface area contributed by atoms with E-state index in [4.69, 9.17) is 18.7 Å². The normalized spacial score (nSPS) is 10.9. The molecule has 0 amide bonds. The molecule has 8 heteroatoms. The number of oxazole rings is 1. The summed E-state index contributed by atoms with van der Waals surface area (Å²) in [6.45, 7) is -0.0748. The lowest BCUT2D eigenvalue weighted by Crippen LogP contribution is -2.05. The number of hydrogen-bond donors (Lipinski definition) is 2. The van der Waals surface area contributed by atoms with Gasteiger partial charge in [0, 0.05) is 6.07 Å². The molecule has 0 saturated heterocycles. The number of aromatic nitrogens is 1. The molecule has 2 heterocycles. The quantitative estimate of drug-likeness (QED) is 0.541. The number of aromatic hydroxyl groups is 1. The lowest BCUT2D eigenvalue weighted by molar-refractivity contribution is 0.0690. The average Bonchev–Trinajstić information content (AvgIpc) is 3.17. The van der Waals surface area contributed by atoms with E-state index >= 15 is 0 Å². The molecule has 0 spiro atoms. The fourth-order valence-corrected chi connectivity index (χ4v) is 2.66. The molecule has 140 valence electrons. The number of rotatable bonds is 5. The summed E-state index contributed by atoms with van der Waals surface area (Å²) in [5, 5.41) is 18.6. The van der Waals surface area contributed by atoms with Crippen molar-refractivity contribution >= 4 is 16.9 Å². The number of phenols is 1. The number of hydrogen-bond acceptors (Lipinski definition) is 7. The lowest BCUT2D eigenvalue weighted by Gasteiger charge is -2.06. The first-order valence-electron chi connectivity index (χ1n) is 8.17. The molecule has 0 bridgehead atoms. The van der Waals surface area contributed by atoms with Crippen LogP contribution >= 0.6 is 0 Å². The van der Waals surface area contributed by atoms with Gasteiger partial charge in [0.25, 0.3) is 0 Å². The molecule has 4 rings (SSSR count). The molecule has 0 aliphatic carbocycles. The Labute approximate surface area is 157 Å². The van der Waals surface area contributed by atoms with Gasteiger partial charge < -0.3 is 23.8 Å². The second kappa shape index (κ2) is 6.92. The summed E-state index contributed by atoms with van der Waals surface area (Å²) in [6, 6.07) is 11.0. The Kier molecular flexibility index (Phi) is 4.29. The fourth-order valence-electron chi connectivity index (χ4n) is 2.66. The Hall–Kier alpha value is -4.07. The minimum absolute atomic E-state index is 0.0748. The topological polar surface area (TPSA) is 123 Å². The van der Waals surface area contributed by atoms with Crippen LogP contribution < -0.4 is 10.2 Å². The average molecular weight is 379 g/mol. The Bertz CT molecular complexity index is 1220. The molecule has 0 unspecified atom stereocenters. The predicted molar refractivity (Wildman–Crippen MR) is 97.4 cm³/mol. The van der Waals surface area contributed by atoms with E-state index in [1.807, 2.05) is 0 Å². The van der Waals surface area contributed by atoms with Gasteiger partial charge >= 0.3 is 5.97 Å². The first-order valence-corrected chi connectivity index (χ1v) is 8.17. The zero-order valence-corrected chi connectivity index (χ0v) is 14.3. The minimum Gasteiger partial charge on any atom is -0.508 e. The maximum Gasteiger partial charge on any atom is 0.357 e. The highest BCUT2D eigenvalue weighted by Gasteiger charge is 2.12.